The molecule has 1 saturated carbocycles. The van der Waals surface area contributed by atoms with Crippen molar-refractivity contribution in [3.63, 3.8) is 0 Å². The lowest BCUT2D eigenvalue weighted by molar-refractivity contribution is 0.327. The van der Waals surface area contributed by atoms with Gasteiger partial charge in [-0.15, -0.1) is 0 Å². The summed E-state index contributed by atoms with van der Waals surface area (Å²) in [6.45, 7) is 10.4. The lowest BCUT2D eigenvalue weighted by Crippen LogP contribution is -2.33. The highest BCUT2D eigenvalue weighted by Crippen LogP contribution is 2.44. The summed E-state index contributed by atoms with van der Waals surface area (Å²) in [5.74, 6) is 3.00. The number of nitrogens with one attached hydrogen (secondary N) is 1. The van der Waals surface area contributed by atoms with Gasteiger partial charge < -0.3 is 5.09 Å². The Bertz CT molecular complexity index is 278. The zero-order valence-corrected chi connectivity index (χ0v) is 12.6. The van der Waals surface area contributed by atoms with Crippen LogP contribution >= 0.6 is 8.07 Å². The highest BCUT2D eigenvalue weighted by molar-refractivity contribution is 7.57. The van der Waals surface area contributed by atoms with Crippen LogP contribution in [-0.2, 0) is 0 Å². The van der Waals surface area contributed by atoms with Crippen LogP contribution in [0, 0.1) is 11.8 Å². The standard InChI is InChI=1S/C14H27N2P/c1-10(2)17(11(3)4)16-14-13-8-6-5-7-12(13)9-15-14/h10-13H,5-9H2,1-4H3,(H,15,16). The SMILES string of the molecule is CC(C)P(NC1=NCC2CCCCC12)C(C)C. The Labute approximate surface area is 107 Å². The molecule has 1 aliphatic heterocycles. The average molecular weight is 254 g/mol. The van der Waals surface area contributed by atoms with Crippen LogP contribution < -0.4 is 5.09 Å². The largest absolute Gasteiger partial charge is 0.352 e. The first-order chi connectivity index (χ1) is 8.09. The third-order valence-electron chi connectivity index (χ3n) is 4.11. The first-order valence-corrected chi connectivity index (χ1v) is 8.67. The average Bonchev–Trinajstić information content (AvgIpc) is 2.68. The van der Waals surface area contributed by atoms with E-state index in [2.05, 4.69) is 32.8 Å². The highest BCUT2D eigenvalue weighted by atomic mass is 31.1. The summed E-state index contributed by atoms with van der Waals surface area (Å²) in [7, 11) is -0.103. The summed E-state index contributed by atoms with van der Waals surface area (Å²) < 4.78 is 0. The topological polar surface area (TPSA) is 24.4 Å². The molecule has 2 atom stereocenters. The number of rotatable bonds is 3. The Morgan fingerprint density at radius 1 is 1.12 bits per heavy atom. The van der Waals surface area contributed by atoms with Gasteiger partial charge in [-0.1, -0.05) is 40.5 Å². The molecule has 0 bridgehead atoms. The molecule has 0 amide bonds. The predicted molar refractivity (Wildman–Crippen MR) is 78.1 cm³/mol. The van der Waals surface area contributed by atoms with Gasteiger partial charge in [-0.05, 0) is 38.1 Å². The Hall–Kier alpha value is -0.100. The van der Waals surface area contributed by atoms with Crippen LogP contribution in [0.1, 0.15) is 53.4 Å². The molecule has 98 valence electrons. The molecule has 0 radical (unpaired) electrons. The molecule has 2 rings (SSSR count). The molecule has 2 nitrogen and oxygen atoms in total. The monoisotopic (exact) mass is 254 g/mol. The molecule has 2 aliphatic rings. The zero-order valence-electron chi connectivity index (χ0n) is 11.7. The van der Waals surface area contributed by atoms with Crippen molar-refractivity contribution in [3.8, 4) is 0 Å². The van der Waals surface area contributed by atoms with Crippen molar-refractivity contribution in [1.82, 2.24) is 5.09 Å². The van der Waals surface area contributed by atoms with Gasteiger partial charge in [0.05, 0.1) is 0 Å². The number of aliphatic imine (C=N–C) groups is 1. The van der Waals surface area contributed by atoms with Crippen LogP contribution in [0.25, 0.3) is 0 Å². The van der Waals surface area contributed by atoms with Crippen molar-refractivity contribution < 1.29 is 0 Å². The van der Waals surface area contributed by atoms with E-state index in [0.29, 0.717) is 0 Å². The molecule has 17 heavy (non-hydrogen) atoms. The minimum atomic E-state index is -0.103. The molecule has 1 N–H and O–H groups in total. The molecule has 1 aliphatic carbocycles. The Morgan fingerprint density at radius 2 is 1.76 bits per heavy atom. The Morgan fingerprint density at radius 3 is 2.41 bits per heavy atom. The van der Waals surface area contributed by atoms with E-state index in [0.717, 1.165) is 29.7 Å². The molecular weight excluding hydrogens is 227 g/mol. The summed E-state index contributed by atoms with van der Waals surface area (Å²) in [5.41, 5.74) is 1.49. The smallest absolute Gasteiger partial charge is 0.103 e. The van der Waals surface area contributed by atoms with Crippen molar-refractivity contribution in [3.05, 3.63) is 0 Å². The van der Waals surface area contributed by atoms with Gasteiger partial charge in [0, 0.05) is 12.5 Å². The maximum absolute atomic E-state index is 4.81. The van der Waals surface area contributed by atoms with Crippen molar-refractivity contribution in [2.24, 2.45) is 16.8 Å². The fourth-order valence-corrected chi connectivity index (χ4v) is 5.43. The zero-order chi connectivity index (χ0) is 12.4. The van der Waals surface area contributed by atoms with Crippen LogP contribution in [0.5, 0.6) is 0 Å². The number of hydrogen-bond donors (Lipinski definition) is 1. The molecule has 0 aromatic carbocycles. The number of amidine groups is 1. The normalized spacial score (nSPS) is 28.8. The van der Waals surface area contributed by atoms with Gasteiger partial charge in [-0.3, -0.25) is 4.99 Å². The summed E-state index contributed by atoms with van der Waals surface area (Å²) >= 11 is 0. The van der Waals surface area contributed by atoms with Crippen molar-refractivity contribution in [2.45, 2.75) is 64.7 Å². The summed E-state index contributed by atoms with van der Waals surface area (Å²) in [6.07, 6.45) is 5.60. The van der Waals surface area contributed by atoms with Gasteiger partial charge in [-0.25, -0.2) is 0 Å². The minimum Gasteiger partial charge on any atom is -0.352 e. The van der Waals surface area contributed by atoms with Crippen molar-refractivity contribution >= 4 is 13.9 Å². The third-order valence-corrected chi connectivity index (χ3v) is 6.83. The van der Waals surface area contributed by atoms with Crippen LogP contribution in [0.15, 0.2) is 4.99 Å². The molecular formula is C14H27N2P. The van der Waals surface area contributed by atoms with Crippen LogP contribution in [0.2, 0.25) is 0 Å². The second-order valence-electron chi connectivity index (χ2n) is 6.08. The van der Waals surface area contributed by atoms with Gasteiger partial charge in [0.15, 0.2) is 0 Å². The number of nitrogens with zero attached hydrogens (tertiary/aromatic N) is 1. The second-order valence-corrected chi connectivity index (χ2v) is 9.19. The van der Waals surface area contributed by atoms with E-state index >= 15 is 0 Å². The van der Waals surface area contributed by atoms with E-state index in [1.54, 1.807) is 0 Å². The van der Waals surface area contributed by atoms with Crippen molar-refractivity contribution in [2.75, 3.05) is 6.54 Å². The van der Waals surface area contributed by atoms with E-state index in [-0.39, 0.29) is 8.07 Å². The maximum Gasteiger partial charge on any atom is 0.103 e. The Balaban J connectivity index is 1.98. The summed E-state index contributed by atoms with van der Waals surface area (Å²) in [4.78, 5) is 4.81. The predicted octanol–water partition coefficient (Wildman–Crippen LogP) is 4.01. The second kappa shape index (κ2) is 5.69. The van der Waals surface area contributed by atoms with E-state index in [1.165, 1.54) is 31.5 Å². The molecule has 0 spiro atoms. The van der Waals surface area contributed by atoms with Gasteiger partial charge in [0.25, 0.3) is 0 Å². The summed E-state index contributed by atoms with van der Waals surface area (Å²) in [6, 6.07) is 0. The summed E-state index contributed by atoms with van der Waals surface area (Å²) in [5, 5.41) is 3.83. The van der Waals surface area contributed by atoms with E-state index in [4.69, 9.17) is 4.99 Å². The molecule has 3 heteroatoms. The van der Waals surface area contributed by atoms with Gasteiger partial charge in [0.1, 0.15) is 5.84 Å². The number of fused-ring (bicyclic) bond motifs is 1. The highest BCUT2D eigenvalue weighted by Gasteiger charge is 2.34. The molecule has 2 unspecified atom stereocenters. The fourth-order valence-electron chi connectivity index (χ4n) is 3.22. The Kier molecular flexibility index (Phi) is 4.47. The lowest BCUT2D eigenvalue weighted by Gasteiger charge is -2.32. The quantitative estimate of drug-likeness (QED) is 0.756. The maximum atomic E-state index is 4.81. The number of hydrogen-bond acceptors (Lipinski definition) is 2. The van der Waals surface area contributed by atoms with E-state index < -0.39 is 0 Å². The van der Waals surface area contributed by atoms with E-state index in [1.807, 2.05) is 0 Å². The van der Waals surface area contributed by atoms with Crippen LogP contribution in [-0.4, -0.2) is 23.7 Å². The molecule has 0 aromatic rings. The molecule has 1 fully saturated rings. The first kappa shape index (κ1) is 13.3. The van der Waals surface area contributed by atoms with Crippen LogP contribution in [0.3, 0.4) is 0 Å². The molecule has 0 saturated heterocycles. The lowest BCUT2D eigenvalue weighted by atomic mass is 9.80. The van der Waals surface area contributed by atoms with Crippen molar-refractivity contribution in [1.29, 1.82) is 0 Å². The first-order valence-electron chi connectivity index (χ1n) is 7.19. The molecule has 0 aromatic heterocycles. The van der Waals surface area contributed by atoms with Crippen LogP contribution in [0.4, 0.5) is 0 Å². The minimum absolute atomic E-state index is 0.103. The van der Waals surface area contributed by atoms with E-state index in [9.17, 15) is 0 Å². The molecule has 1 heterocycles. The van der Waals surface area contributed by atoms with Gasteiger partial charge in [-0.2, -0.15) is 0 Å². The fraction of sp³-hybridized carbons (Fsp3) is 0.929. The van der Waals surface area contributed by atoms with Gasteiger partial charge in [0.2, 0.25) is 0 Å². The van der Waals surface area contributed by atoms with Gasteiger partial charge >= 0.3 is 0 Å². The third kappa shape index (κ3) is 3.02.